The number of tetrazole rings is 1. The van der Waals surface area contributed by atoms with Crippen LogP contribution in [0.1, 0.15) is 38.4 Å². The van der Waals surface area contributed by atoms with E-state index in [0.717, 1.165) is 18.7 Å². The molecule has 1 unspecified atom stereocenters. The zero-order chi connectivity index (χ0) is 13.9. The number of carbonyl (C=O) groups is 1. The second kappa shape index (κ2) is 5.64. The first kappa shape index (κ1) is 13.9. The average Bonchev–Trinajstić information content (AvgIpc) is 2.69. The molecule has 1 heterocycles. The van der Waals surface area contributed by atoms with Crippen molar-refractivity contribution in [2.24, 2.45) is 5.92 Å². The van der Waals surface area contributed by atoms with Gasteiger partial charge in [0.1, 0.15) is 0 Å². The van der Waals surface area contributed by atoms with Gasteiger partial charge < -0.3 is 9.84 Å². The van der Waals surface area contributed by atoms with E-state index in [1.54, 1.807) is 11.8 Å². The van der Waals surface area contributed by atoms with Gasteiger partial charge in [-0.2, -0.15) is 0 Å². The summed E-state index contributed by atoms with van der Waals surface area (Å²) in [6, 6.07) is 0. The first-order valence-electron chi connectivity index (χ1n) is 6.57. The average molecular weight is 268 g/mol. The van der Waals surface area contributed by atoms with Gasteiger partial charge in [-0.3, -0.25) is 4.79 Å². The predicted octanol–water partition coefficient (Wildman–Crippen LogP) is 0.895. The normalized spacial score (nSPS) is 18.8. The lowest BCUT2D eigenvalue weighted by Gasteiger charge is -2.40. The summed E-state index contributed by atoms with van der Waals surface area (Å²) in [5.74, 6) is -0.0205. The number of carboxylic acids is 1. The zero-order valence-corrected chi connectivity index (χ0v) is 11.4. The molecule has 1 aliphatic rings. The largest absolute Gasteiger partial charge is 0.481 e. The number of hydrogen-bond donors (Lipinski definition) is 1. The van der Waals surface area contributed by atoms with Crippen LogP contribution in [-0.4, -0.2) is 44.0 Å². The third kappa shape index (κ3) is 3.28. The molecule has 1 N–H and O–H groups in total. The van der Waals surface area contributed by atoms with Crippen LogP contribution >= 0.6 is 0 Å². The maximum atomic E-state index is 10.7. The molecule has 7 heteroatoms. The van der Waals surface area contributed by atoms with Gasteiger partial charge in [-0.1, -0.05) is 6.92 Å². The summed E-state index contributed by atoms with van der Waals surface area (Å²) < 4.78 is 7.27. The van der Waals surface area contributed by atoms with Gasteiger partial charge in [0.05, 0.1) is 5.60 Å². The summed E-state index contributed by atoms with van der Waals surface area (Å²) in [6.45, 7) is 2.41. The summed E-state index contributed by atoms with van der Waals surface area (Å²) in [5.41, 5.74) is -0.123. The molecule has 1 aromatic heterocycles. The number of hydrogen-bond acceptors (Lipinski definition) is 5. The van der Waals surface area contributed by atoms with Crippen LogP contribution in [0.15, 0.2) is 0 Å². The van der Waals surface area contributed by atoms with Gasteiger partial charge in [0.25, 0.3) is 0 Å². The maximum Gasteiger partial charge on any atom is 0.303 e. The van der Waals surface area contributed by atoms with Gasteiger partial charge in [-0.25, -0.2) is 4.68 Å². The highest BCUT2D eigenvalue weighted by Gasteiger charge is 2.38. The second-order valence-electron chi connectivity index (χ2n) is 5.40. The Morgan fingerprint density at radius 1 is 1.58 bits per heavy atom. The maximum absolute atomic E-state index is 10.7. The van der Waals surface area contributed by atoms with E-state index in [9.17, 15) is 4.79 Å². The summed E-state index contributed by atoms with van der Waals surface area (Å²) in [4.78, 5) is 10.7. The van der Waals surface area contributed by atoms with Crippen LogP contribution in [0.3, 0.4) is 0 Å². The lowest BCUT2D eigenvalue weighted by molar-refractivity contribution is -0.138. The highest BCUT2D eigenvalue weighted by molar-refractivity contribution is 5.66. The quantitative estimate of drug-likeness (QED) is 0.790. The molecule has 0 amide bonds. The number of methoxy groups -OCH3 is 1. The first-order chi connectivity index (χ1) is 9.04. The molecule has 0 spiro atoms. The minimum atomic E-state index is -0.797. The van der Waals surface area contributed by atoms with Gasteiger partial charge in [0, 0.05) is 26.5 Å². The molecule has 0 radical (unpaired) electrons. The lowest BCUT2D eigenvalue weighted by Crippen LogP contribution is -2.42. The van der Waals surface area contributed by atoms with Crippen molar-refractivity contribution in [1.82, 2.24) is 20.2 Å². The Balaban J connectivity index is 1.99. The minimum absolute atomic E-state index is 0.000338. The van der Waals surface area contributed by atoms with Crippen molar-refractivity contribution in [2.75, 3.05) is 7.11 Å². The van der Waals surface area contributed by atoms with E-state index in [1.807, 2.05) is 6.92 Å². The predicted molar refractivity (Wildman–Crippen MR) is 66.5 cm³/mol. The Kier molecular flexibility index (Phi) is 4.14. The molecule has 0 aliphatic heterocycles. The molecule has 0 saturated heterocycles. The van der Waals surface area contributed by atoms with Crippen LogP contribution < -0.4 is 0 Å². The first-order valence-corrected chi connectivity index (χ1v) is 6.57. The highest BCUT2D eigenvalue weighted by atomic mass is 16.5. The molecule has 1 aromatic rings. The number of carboxylic acid groups (broad SMARTS) is 1. The van der Waals surface area contributed by atoms with Crippen molar-refractivity contribution in [2.45, 2.75) is 51.2 Å². The Hall–Kier alpha value is -1.50. The molecule has 1 aliphatic carbocycles. The van der Waals surface area contributed by atoms with E-state index in [-0.39, 0.29) is 17.9 Å². The van der Waals surface area contributed by atoms with Crippen LogP contribution in [0.2, 0.25) is 0 Å². The van der Waals surface area contributed by atoms with Crippen molar-refractivity contribution in [3.63, 3.8) is 0 Å². The minimum Gasteiger partial charge on any atom is -0.481 e. The van der Waals surface area contributed by atoms with Crippen molar-refractivity contribution >= 4 is 5.97 Å². The Labute approximate surface area is 111 Å². The molecule has 1 fully saturated rings. The fraction of sp³-hybridized carbons (Fsp3) is 0.833. The van der Waals surface area contributed by atoms with Crippen molar-refractivity contribution < 1.29 is 14.6 Å². The smallest absolute Gasteiger partial charge is 0.303 e. The van der Waals surface area contributed by atoms with E-state index >= 15 is 0 Å². The van der Waals surface area contributed by atoms with E-state index in [1.165, 1.54) is 6.42 Å². The van der Waals surface area contributed by atoms with Gasteiger partial charge in [0.15, 0.2) is 5.82 Å². The van der Waals surface area contributed by atoms with Crippen LogP contribution in [0, 0.1) is 5.92 Å². The highest BCUT2D eigenvalue weighted by Crippen LogP contribution is 2.37. The topological polar surface area (TPSA) is 90.1 Å². The van der Waals surface area contributed by atoms with E-state index in [2.05, 4.69) is 15.5 Å². The molecule has 0 aromatic carbocycles. The van der Waals surface area contributed by atoms with Crippen molar-refractivity contribution in [3.05, 3.63) is 5.82 Å². The number of nitrogens with zero attached hydrogens (tertiary/aromatic N) is 4. The SMILES string of the molecule is COC1(Cc2nnnn2CC(C)CC(=O)O)CCC1. The molecule has 7 nitrogen and oxygen atoms in total. The van der Waals surface area contributed by atoms with Crippen LogP contribution in [0.25, 0.3) is 0 Å². The molecular formula is C12H20N4O3. The number of aliphatic carboxylic acids is 1. The van der Waals surface area contributed by atoms with Crippen molar-refractivity contribution in [1.29, 1.82) is 0 Å². The lowest BCUT2D eigenvalue weighted by atomic mass is 9.77. The summed E-state index contributed by atoms with van der Waals surface area (Å²) >= 11 is 0. The van der Waals surface area contributed by atoms with Crippen molar-refractivity contribution in [3.8, 4) is 0 Å². The number of aromatic nitrogens is 4. The Morgan fingerprint density at radius 2 is 2.32 bits per heavy atom. The van der Waals surface area contributed by atoms with Gasteiger partial charge >= 0.3 is 5.97 Å². The van der Waals surface area contributed by atoms with Gasteiger partial charge in [-0.05, 0) is 35.6 Å². The third-order valence-electron chi connectivity index (χ3n) is 3.79. The van der Waals surface area contributed by atoms with Crippen LogP contribution in [0.4, 0.5) is 0 Å². The number of rotatable bonds is 7. The number of ether oxygens (including phenoxy) is 1. The van der Waals surface area contributed by atoms with E-state index in [4.69, 9.17) is 9.84 Å². The molecule has 1 saturated carbocycles. The zero-order valence-electron chi connectivity index (χ0n) is 11.4. The monoisotopic (exact) mass is 268 g/mol. The molecular weight excluding hydrogens is 248 g/mol. The fourth-order valence-corrected chi connectivity index (χ4v) is 2.46. The molecule has 19 heavy (non-hydrogen) atoms. The van der Waals surface area contributed by atoms with Crippen LogP contribution in [0.5, 0.6) is 0 Å². The second-order valence-corrected chi connectivity index (χ2v) is 5.40. The van der Waals surface area contributed by atoms with Crippen LogP contribution in [-0.2, 0) is 22.5 Å². The van der Waals surface area contributed by atoms with E-state index < -0.39 is 5.97 Å². The Morgan fingerprint density at radius 3 is 2.84 bits per heavy atom. The van der Waals surface area contributed by atoms with Gasteiger partial charge in [-0.15, -0.1) is 5.10 Å². The molecule has 0 bridgehead atoms. The molecule has 1 atom stereocenters. The fourth-order valence-electron chi connectivity index (χ4n) is 2.46. The Bertz CT molecular complexity index is 436. The standard InChI is InChI=1S/C12H20N4O3/c1-9(6-11(17)18)8-16-10(13-14-15-16)7-12(19-2)4-3-5-12/h9H,3-8H2,1-2H3,(H,17,18). The summed E-state index contributed by atoms with van der Waals surface area (Å²) in [6.07, 6.45) is 4.04. The summed E-state index contributed by atoms with van der Waals surface area (Å²) in [7, 11) is 1.72. The molecule has 106 valence electrons. The van der Waals surface area contributed by atoms with Gasteiger partial charge in [0.2, 0.25) is 0 Å². The van der Waals surface area contributed by atoms with E-state index in [0.29, 0.717) is 13.0 Å². The third-order valence-corrected chi connectivity index (χ3v) is 3.79. The molecule has 2 rings (SSSR count). The summed E-state index contributed by atoms with van der Waals surface area (Å²) in [5, 5.41) is 20.4.